The maximum absolute atomic E-state index is 13.0. The van der Waals surface area contributed by atoms with E-state index in [1.54, 1.807) is 10.4 Å². The fourth-order valence-electron chi connectivity index (χ4n) is 2.97. The van der Waals surface area contributed by atoms with Gasteiger partial charge in [0.15, 0.2) is 0 Å². The van der Waals surface area contributed by atoms with Gasteiger partial charge in [-0.25, -0.2) is 8.42 Å². The van der Waals surface area contributed by atoms with Crippen LogP contribution in [0.4, 0.5) is 0 Å². The van der Waals surface area contributed by atoms with E-state index in [2.05, 4.69) is 29.8 Å². The van der Waals surface area contributed by atoms with Crippen molar-refractivity contribution < 1.29 is 8.42 Å². The summed E-state index contributed by atoms with van der Waals surface area (Å²) in [6, 6.07) is 3.71. The molecule has 1 aromatic rings. The molecule has 2 rings (SSSR count). The minimum atomic E-state index is -3.49. The highest BCUT2D eigenvalue weighted by Crippen LogP contribution is 2.34. The summed E-state index contributed by atoms with van der Waals surface area (Å²) in [6.07, 6.45) is 1.86. The molecule has 2 N–H and O–H groups in total. The van der Waals surface area contributed by atoms with Crippen LogP contribution in [0.1, 0.15) is 37.8 Å². The van der Waals surface area contributed by atoms with E-state index in [0.717, 1.165) is 24.0 Å². The molecule has 1 heterocycles. The summed E-state index contributed by atoms with van der Waals surface area (Å²) in [5.41, 5.74) is 7.43. The monoisotopic (exact) mass is 374 g/mol. The largest absolute Gasteiger partial charge is 0.326 e. The van der Waals surface area contributed by atoms with Crippen molar-refractivity contribution in [2.75, 3.05) is 6.54 Å². The first kappa shape index (κ1) is 16.9. The summed E-state index contributed by atoms with van der Waals surface area (Å²) in [7, 11) is -3.49. The number of hydrogen-bond donors (Lipinski definition) is 1. The van der Waals surface area contributed by atoms with Crippen molar-refractivity contribution in [1.82, 2.24) is 4.31 Å². The molecule has 1 saturated heterocycles. The molecule has 0 aromatic heterocycles. The van der Waals surface area contributed by atoms with E-state index in [-0.39, 0.29) is 6.04 Å². The van der Waals surface area contributed by atoms with Crippen LogP contribution in [-0.4, -0.2) is 25.3 Å². The first-order valence-electron chi connectivity index (χ1n) is 7.30. The van der Waals surface area contributed by atoms with E-state index < -0.39 is 10.0 Å². The van der Waals surface area contributed by atoms with Gasteiger partial charge in [0.1, 0.15) is 0 Å². The minimum absolute atomic E-state index is 0.0868. The van der Waals surface area contributed by atoms with Gasteiger partial charge in [0.2, 0.25) is 10.0 Å². The Morgan fingerprint density at radius 3 is 2.67 bits per heavy atom. The van der Waals surface area contributed by atoms with Crippen LogP contribution in [0.5, 0.6) is 0 Å². The van der Waals surface area contributed by atoms with Gasteiger partial charge in [0.25, 0.3) is 0 Å². The van der Waals surface area contributed by atoms with Gasteiger partial charge in [-0.2, -0.15) is 4.31 Å². The van der Waals surface area contributed by atoms with Gasteiger partial charge in [-0.15, -0.1) is 0 Å². The van der Waals surface area contributed by atoms with Crippen LogP contribution in [0.2, 0.25) is 0 Å². The zero-order chi connectivity index (χ0) is 15.8. The number of nitrogens with zero attached hydrogens (tertiary/aromatic N) is 1. The highest BCUT2D eigenvalue weighted by Gasteiger charge is 2.37. The van der Waals surface area contributed by atoms with Crippen molar-refractivity contribution in [3.8, 4) is 0 Å². The summed E-state index contributed by atoms with van der Waals surface area (Å²) >= 11 is 3.44. The molecule has 1 atom stereocenters. The molecule has 0 bridgehead atoms. The minimum Gasteiger partial charge on any atom is -0.326 e. The lowest BCUT2D eigenvalue weighted by Gasteiger charge is -2.27. The highest BCUT2D eigenvalue weighted by atomic mass is 79.9. The van der Waals surface area contributed by atoms with Crippen LogP contribution in [-0.2, 0) is 16.6 Å². The molecule has 1 aromatic carbocycles. The molecule has 0 saturated carbocycles. The molecule has 1 aliphatic rings. The Kier molecular flexibility index (Phi) is 5.13. The van der Waals surface area contributed by atoms with Crippen LogP contribution in [0.3, 0.4) is 0 Å². The summed E-state index contributed by atoms with van der Waals surface area (Å²) in [6.45, 7) is 6.99. The van der Waals surface area contributed by atoms with Gasteiger partial charge in [0.05, 0.1) is 4.90 Å². The van der Waals surface area contributed by atoms with E-state index in [1.807, 2.05) is 13.0 Å². The highest BCUT2D eigenvalue weighted by molar-refractivity contribution is 9.10. The number of benzene rings is 1. The van der Waals surface area contributed by atoms with Crippen molar-refractivity contribution in [2.45, 2.75) is 51.1 Å². The third-order valence-electron chi connectivity index (χ3n) is 4.12. The molecular weight excluding hydrogens is 352 g/mol. The van der Waals surface area contributed by atoms with Crippen LogP contribution < -0.4 is 5.73 Å². The first-order chi connectivity index (χ1) is 9.78. The standard InChI is InChI=1S/C15H23BrN2O2S/c1-10(2)13-5-4-6-18(13)21(19,20)14-8-12(9-17)7-11(3)15(14)16/h7-8,10,13H,4-6,9,17H2,1-3H3. The van der Waals surface area contributed by atoms with E-state index in [4.69, 9.17) is 5.73 Å². The first-order valence-corrected chi connectivity index (χ1v) is 9.53. The van der Waals surface area contributed by atoms with Gasteiger partial charge in [-0.1, -0.05) is 19.9 Å². The zero-order valence-corrected chi connectivity index (χ0v) is 15.2. The molecule has 0 aliphatic carbocycles. The smallest absolute Gasteiger partial charge is 0.244 e. The molecule has 1 aliphatic heterocycles. The summed E-state index contributed by atoms with van der Waals surface area (Å²) in [4.78, 5) is 0.343. The van der Waals surface area contributed by atoms with Gasteiger partial charge < -0.3 is 5.73 Å². The normalized spacial score (nSPS) is 20.4. The second-order valence-corrected chi connectivity index (χ2v) is 8.65. The maximum Gasteiger partial charge on any atom is 0.244 e. The van der Waals surface area contributed by atoms with Crippen LogP contribution in [0.15, 0.2) is 21.5 Å². The molecular formula is C15H23BrN2O2S. The maximum atomic E-state index is 13.0. The number of aryl methyl sites for hydroxylation is 1. The third-order valence-corrected chi connectivity index (χ3v) is 7.38. The molecule has 0 amide bonds. The summed E-state index contributed by atoms with van der Waals surface area (Å²) in [5, 5.41) is 0. The Bertz CT molecular complexity index is 629. The second-order valence-electron chi connectivity index (χ2n) is 6.00. The summed E-state index contributed by atoms with van der Waals surface area (Å²) in [5.74, 6) is 0.319. The SMILES string of the molecule is Cc1cc(CN)cc(S(=O)(=O)N2CCCC2C(C)C)c1Br. The molecule has 4 nitrogen and oxygen atoms in total. The fourth-order valence-corrected chi connectivity index (χ4v) is 5.83. The Morgan fingerprint density at radius 1 is 1.43 bits per heavy atom. The quantitative estimate of drug-likeness (QED) is 0.880. The average Bonchev–Trinajstić information content (AvgIpc) is 2.91. The van der Waals surface area contributed by atoms with Crippen LogP contribution in [0, 0.1) is 12.8 Å². The molecule has 21 heavy (non-hydrogen) atoms. The van der Waals surface area contributed by atoms with Gasteiger partial charge in [-0.3, -0.25) is 0 Å². The second kappa shape index (κ2) is 6.36. The predicted octanol–water partition coefficient (Wildman–Crippen LogP) is 3.03. The Labute approximate surface area is 135 Å². The van der Waals surface area contributed by atoms with Gasteiger partial charge >= 0.3 is 0 Å². The number of nitrogens with two attached hydrogens (primary N) is 1. The Morgan fingerprint density at radius 2 is 2.10 bits per heavy atom. The van der Waals surface area contributed by atoms with E-state index in [9.17, 15) is 8.42 Å². The lowest BCUT2D eigenvalue weighted by molar-refractivity contribution is 0.315. The van der Waals surface area contributed by atoms with Crippen molar-refractivity contribution in [3.05, 3.63) is 27.7 Å². The molecule has 118 valence electrons. The molecule has 1 unspecified atom stereocenters. The van der Waals surface area contributed by atoms with E-state index in [1.165, 1.54) is 0 Å². The van der Waals surface area contributed by atoms with Crippen LogP contribution >= 0.6 is 15.9 Å². The van der Waals surface area contributed by atoms with Crippen LogP contribution in [0.25, 0.3) is 0 Å². The lowest BCUT2D eigenvalue weighted by atomic mass is 10.0. The Hall–Kier alpha value is -0.430. The van der Waals surface area contributed by atoms with E-state index in [0.29, 0.717) is 28.4 Å². The third kappa shape index (κ3) is 3.18. The predicted molar refractivity (Wildman–Crippen MR) is 88.5 cm³/mol. The molecule has 0 radical (unpaired) electrons. The van der Waals surface area contributed by atoms with Gasteiger partial charge in [0, 0.05) is 23.6 Å². The molecule has 1 fully saturated rings. The lowest BCUT2D eigenvalue weighted by Crippen LogP contribution is -2.38. The number of hydrogen-bond acceptors (Lipinski definition) is 3. The van der Waals surface area contributed by atoms with Gasteiger partial charge in [-0.05, 0) is 58.8 Å². The van der Waals surface area contributed by atoms with E-state index >= 15 is 0 Å². The van der Waals surface area contributed by atoms with Crippen molar-refractivity contribution in [2.24, 2.45) is 11.7 Å². The number of rotatable bonds is 4. The molecule has 6 heteroatoms. The average molecular weight is 375 g/mol. The summed E-state index contributed by atoms with van der Waals surface area (Å²) < 4.78 is 28.4. The topological polar surface area (TPSA) is 63.4 Å². The Balaban J connectivity index is 2.51. The van der Waals surface area contributed by atoms with Crippen molar-refractivity contribution in [3.63, 3.8) is 0 Å². The zero-order valence-electron chi connectivity index (χ0n) is 12.8. The number of halogens is 1. The number of sulfonamides is 1. The van der Waals surface area contributed by atoms with Crippen molar-refractivity contribution >= 4 is 26.0 Å². The van der Waals surface area contributed by atoms with Crippen molar-refractivity contribution in [1.29, 1.82) is 0 Å². The molecule has 0 spiro atoms. The fraction of sp³-hybridized carbons (Fsp3) is 0.600.